The molecule has 0 spiro atoms. The van der Waals surface area contributed by atoms with Gasteiger partial charge in [0.15, 0.2) is 0 Å². The van der Waals surface area contributed by atoms with Crippen molar-refractivity contribution in [2.24, 2.45) is 0 Å². The normalized spacial score (nSPS) is 14.4. The van der Waals surface area contributed by atoms with Crippen molar-refractivity contribution in [3.8, 4) is 11.1 Å². The van der Waals surface area contributed by atoms with Gasteiger partial charge in [-0.2, -0.15) is 0 Å². The van der Waals surface area contributed by atoms with E-state index in [-0.39, 0.29) is 5.91 Å². The van der Waals surface area contributed by atoms with Gasteiger partial charge >= 0.3 is 0 Å². The number of nitrogens with one attached hydrogen (secondary N) is 1. The zero-order chi connectivity index (χ0) is 22.7. The molecule has 4 rings (SSSR count). The molecular formula is C24H25Cl2N5O. The highest BCUT2D eigenvalue weighted by molar-refractivity contribution is 6.34. The van der Waals surface area contributed by atoms with E-state index in [9.17, 15) is 4.79 Å². The molecular weight excluding hydrogens is 445 g/mol. The van der Waals surface area contributed by atoms with Gasteiger partial charge in [-0.1, -0.05) is 47.5 Å². The third-order valence-electron chi connectivity index (χ3n) is 5.59. The Bertz CT molecular complexity index is 1110. The molecule has 1 saturated heterocycles. The Morgan fingerprint density at radius 3 is 2.41 bits per heavy atom. The van der Waals surface area contributed by atoms with Gasteiger partial charge in [-0.15, -0.1) is 0 Å². The van der Waals surface area contributed by atoms with Crippen LogP contribution in [0.15, 0.2) is 48.7 Å². The maximum atomic E-state index is 13.3. The number of carbonyl (C=O) groups is 1. The fraction of sp³-hybridized carbons (Fsp3) is 0.292. The SMILES string of the molecule is Cc1ccccc1-c1cnc(N2CCN(C)CC2)nc1C(=O)NCc1cc(Cl)cc(Cl)c1. The maximum absolute atomic E-state index is 13.3. The van der Waals surface area contributed by atoms with E-state index in [0.29, 0.717) is 33.8 Å². The van der Waals surface area contributed by atoms with E-state index < -0.39 is 0 Å². The molecule has 2 heterocycles. The topological polar surface area (TPSA) is 61.4 Å². The van der Waals surface area contributed by atoms with E-state index in [1.54, 1.807) is 24.4 Å². The van der Waals surface area contributed by atoms with Gasteiger partial charge in [0, 0.05) is 54.5 Å². The van der Waals surface area contributed by atoms with E-state index in [1.807, 2.05) is 31.2 Å². The first-order valence-corrected chi connectivity index (χ1v) is 11.3. The Kier molecular flexibility index (Phi) is 6.94. The number of aryl methyl sites for hydroxylation is 1. The molecule has 0 radical (unpaired) electrons. The number of aromatic nitrogens is 2. The average molecular weight is 470 g/mol. The number of hydrogen-bond acceptors (Lipinski definition) is 5. The van der Waals surface area contributed by atoms with Crippen LogP contribution in [0.5, 0.6) is 0 Å². The number of anilines is 1. The molecule has 0 aliphatic carbocycles. The molecule has 2 aromatic carbocycles. The van der Waals surface area contributed by atoms with Crippen LogP contribution >= 0.6 is 23.2 Å². The number of likely N-dealkylation sites (N-methyl/N-ethyl adjacent to an activating group) is 1. The summed E-state index contributed by atoms with van der Waals surface area (Å²) in [6.45, 7) is 5.81. The molecule has 8 heteroatoms. The molecule has 0 saturated carbocycles. The summed E-state index contributed by atoms with van der Waals surface area (Å²) in [5.74, 6) is 0.309. The largest absolute Gasteiger partial charge is 0.347 e. The lowest BCUT2D eigenvalue weighted by atomic mass is 10.00. The predicted molar refractivity (Wildman–Crippen MR) is 130 cm³/mol. The summed E-state index contributed by atoms with van der Waals surface area (Å²) >= 11 is 12.2. The van der Waals surface area contributed by atoms with Gasteiger partial charge in [0.1, 0.15) is 5.69 Å². The smallest absolute Gasteiger partial charge is 0.271 e. The van der Waals surface area contributed by atoms with Crippen molar-refractivity contribution in [3.05, 3.63) is 75.5 Å². The molecule has 0 bridgehead atoms. The molecule has 0 unspecified atom stereocenters. The van der Waals surface area contributed by atoms with Crippen LogP contribution in [0.1, 0.15) is 21.6 Å². The number of hydrogen-bond donors (Lipinski definition) is 1. The summed E-state index contributed by atoms with van der Waals surface area (Å²) in [6, 6.07) is 13.2. The molecule has 166 valence electrons. The third-order valence-corrected chi connectivity index (χ3v) is 6.02. The number of halogens is 2. The van der Waals surface area contributed by atoms with Crippen molar-refractivity contribution < 1.29 is 4.79 Å². The van der Waals surface area contributed by atoms with Gasteiger partial charge in [-0.05, 0) is 48.9 Å². The summed E-state index contributed by atoms with van der Waals surface area (Å²) in [6.07, 6.45) is 1.76. The minimum atomic E-state index is -0.267. The van der Waals surface area contributed by atoms with Crippen LogP contribution in [-0.2, 0) is 6.54 Å². The minimum Gasteiger partial charge on any atom is -0.347 e. The molecule has 0 atom stereocenters. The number of piperazine rings is 1. The zero-order valence-electron chi connectivity index (χ0n) is 18.1. The first-order chi connectivity index (χ1) is 15.4. The number of nitrogens with zero attached hydrogens (tertiary/aromatic N) is 4. The molecule has 1 aromatic heterocycles. The highest BCUT2D eigenvalue weighted by Gasteiger charge is 2.22. The van der Waals surface area contributed by atoms with Gasteiger partial charge in [-0.3, -0.25) is 4.79 Å². The van der Waals surface area contributed by atoms with Crippen molar-refractivity contribution in [1.29, 1.82) is 0 Å². The van der Waals surface area contributed by atoms with Crippen molar-refractivity contribution in [1.82, 2.24) is 20.2 Å². The van der Waals surface area contributed by atoms with Gasteiger partial charge in [0.25, 0.3) is 5.91 Å². The van der Waals surface area contributed by atoms with Gasteiger partial charge < -0.3 is 15.1 Å². The number of amides is 1. The molecule has 1 N–H and O–H groups in total. The predicted octanol–water partition coefficient (Wildman–Crippen LogP) is 4.44. The third kappa shape index (κ3) is 5.21. The van der Waals surface area contributed by atoms with Crippen LogP contribution in [-0.4, -0.2) is 54.0 Å². The van der Waals surface area contributed by atoms with Crippen LogP contribution in [0, 0.1) is 6.92 Å². The first-order valence-electron chi connectivity index (χ1n) is 10.5. The van der Waals surface area contributed by atoms with Gasteiger partial charge in [0.2, 0.25) is 5.95 Å². The van der Waals surface area contributed by atoms with E-state index in [0.717, 1.165) is 42.9 Å². The Morgan fingerprint density at radius 2 is 1.72 bits per heavy atom. The second-order valence-corrected chi connectivity index (χ2v) is 8.87. The van der Waals surface area contributed by atoms with Crippen LogP contribution in [0.25, 0.3) is 11.1 Å². The van der Waals surface area contributed by atoms with Crippen LogP contribution < -0.4 is 10.2 Å². The summed E-state index contributed by atoms with van der Waals surface area (Å²) in [5.41, 5.74) is 3.88. The summed E-state index contributed by atoms with van der Waals surface area (Å²) in [5, 5.41) is 4.02. The maximum Gasteiger partial charge on any atom is 0.271 e. The quantitative estimate of drug-likeness (QED) is 0.598. The lowest BCUT2D eigenvalue weighted by molar-refractivity contribution is 0.0946. The fourth-order valence-electron chi connectivity index (χ4n) is 3.76. The van der Waals surface area contributed by atoms with Gasteiger partial charge in [-0.25, -0.2) is 9.97 Å². The highest BCUT2D eigenvalue weighted by atomic mass is 35.5. The van der Waals surface area contributed by atoms with E-state index in [1.165, 1.54) is 0 Å². The number of carbonyl (C=O) groups excluding carboxylic acids is 1. The molecule has 1 amide bonds. The molecule has 3 aromatic rings. The van der Waals surface area contributed by atoms with Crippen molar-refractivity contribution in [2.75, 3.05) is 38.1 Å². The van der Waals surface area contributed by atoms with E-state index in [4.69, 9.17) is 28.2 Å². The fourth-order valence-corrected chi connectivity index (χ4v) is 4.33. The van der Waals surface area contributed by atoms with Crippen LogP contribution in [0.3, 0.4) is 0 Å². The Labute approximate surface area is 198 Å². The summed E-state index contributed by atoms with van der Waals surface area (Å²) in [7, 11) is 2.10. The second kappa shape index (κ2) is 9.86. The zero-order valence-corrected chi connectivity index (χ0v) is 19.6. The lowest BCUT2D eigenvalue weighted by Crippen LogP contribution is -2.45. The first kappa shape index (κ1) is 22.5. The molecule has 6 nitrogen and oxygen atoms in total. The Balaban J connectivity index is 1.65. The van der Waals surface area contributed by atoms with Crippen LogP contribution in [0.4, 0.5) is 5.95 Å². The standard InChI is InChI=1S/C24H25Cl2N5O/c1-16-5-3-4-6-20(16)21-15-28-24(31-9-7-30(2)8-10-31)29-22(21)23(32)27-14-17-11-18(25)13-19(26)12-17/h3-6,11-13,15H,7-10,14H2,1-2H3,(H,27,32). The van der Waals surface area contributed by atoms with Gasteiger partial charge in [0.05, 0.1) is 0 Å². The second-order valence-electron chi connectivity index (χ2n) is 8.00. The van der Waals surface area contributed by atoms with E-state index >= 15 is 0 Å². The van der Waals surface area contributed by atoms with Crippen molar-refractivity contribution in [2.45, 2.75) is 13.5 Å². The number of rotatable bonds is 5. The molecule has 1 aliphatic rings. The van der Waals surface area contributed by atoms with E-state index in [2.05, 4.69) is 27.1 Å². The molecule has 1 aliphatic heterocycles. The highest BCUT2D eigenvalue weighted by Crippen LogP contribution is 2.27. The number of benzene rings is 2. The molecule has 1 fully saturated rings. The average Bonchev–Trinajstić information content (AvgIpc) is 2.77. The lowest BCUT2D eigenvalue weighted by Gasteiger charge is -2.32. The van der Waals surface area contributed by atoms with Crippen molar-refractivity contribution in [3.63, 3.8) is 0 Å². The van der Waals surface area contributed by atoms with Crippen molar-refractivity contribution >= 4 is 35.1 Å². The summed E-state index contributed by atoms with van der Waals surface area (Å²) in [4.78, 5) is 27.0. The minimum absolute atomic E-state index is 0.267. The Hall–Kier alpha value is -2.67. The Morgan fingerprint density at radius 1 is 1.03 bits per heavy atom. The summed E-state index contributed by atoms with van der Waals surface area (Å²) < 4.78 is 0. The van der Waals surface area contributed by atoms with Crippen LogP contribution in [0.2, 0.25) is 10.0 Å². The monoisotopic (exact) mass is 469 g/mol. The molecule has 32 heavy (non-hydrogen) atoms.